The van der Waals surface area contributed by atoms with Gasteiger partial charge in [-0.3, -0.25) is 0 Å². The van der Waals surface area contributed by atoms with Crippen molar-refractivity contribution in [2.75, 3.05) is 13.1 Å². The standard InChI is InChI=1S/C19H25ClN2/c1-4-17-8-9-18(20)13(2)10-19(21-17)14(3)22-11-15-6-5-7-16(15)12-22/h8-10,15-16,21H,2-7,11-12H2,1H3/b17-8-,18-9?,19-10-. The Balaban J connectivity index is 1.80. The van der Waals surface area contributed by atoms with Crippen molar-refractivity contribution in [1.82, 2.24) is 10.2 Å². The van der Waals surface area contributed by atoms with Crippen LogP contribution < -0.4 is 5.32 Å². The van der Waals surface area contributed by atoms with Gasteiger partial charge in [-0.15, -0.1) is 0 Å². The SMILES string of the molecule is C=C1/C=C(/C(=C)N2CC3CCCC3C2)N/C(CC)=C\C=C1Cl. The van der Waals surface area contributed by atoms with Crippen LogP contribution in [0.15, 0.2) is 59.1 Å². The predicted octanol–water partition coefficient (Wildman–Crippen LogP) is 4.69. The van der Waals surface area contributed by atoms with Gasteiger partial charge in [0.15, 0.2) is 0 Å². The van der Waals surface area contributed by atoms with E-state index in [9.17, 15) is 0 Å². The zero-order valence-electron chi connectivity index (χ0n) is 13.4. The summed E-state index contributed by atoms with van der Waals surface area (Å²) in [6, 6.07) is 0. The van der Waals surface area contributed by atoms with Crippen molar-refractivity contribution >= 4 is 11.6 Å². The van der Waals surface area contributed by atoms with E-state index in [1.165, 1.54) is 19.3 Å². The van der Waals surface area contributed by atoms with E-state index in [-0.39, 0.29) is 0 Å². The lowest BCUT2D eigenvalue weighted by Gasteiger charge is -2.26. The van der Waals surface area contributed by atoms with Crippen molar-refractivity contribution in [3.63, 3.8) is 0 Å². The highest BCUT2D eigenvalue weighted by Crippen LogP contribution is 2.39. The summed E-state index contributed by atoms with van der Waals surface area (Å²) < 4.78 is 0. The molecule has 0 radical (unpaired) electrons. The summed E-state index contributed by atoms with van der Waals surface area (Å²) in [7, 11) is 0. The van der Waals surface area contributed by atoms with Crippen molar-refractivity contribution < 1.29 is 0 Å². The maximum Gasteiger partial charge on any atom is 0.0619 e. The van der Waals surface area contributed by atoms with E-state index < -0.39 is 0 Å². The van der Waals surface area contributed by atoms with E-state index in [0.717, 1.165) is 54.0 Å². The third-order valence-electron chi connectivity index (χ3n) is 5.15. The van der Waals surface area contributed by atoms with Crippen LogP contribution in [0.3, 0.4) is 0 Å². The fraction of sp³-hybridized carbons (Fsp3) is 0.474. The Morgan fingerprint density at radius 2 is 2.00 bits per heavy atom. The Bertz CT molecular complexity index is 570. The summed E-state index contributed by atoms with van der Waals surface area (Å²) in [6.45, 7) is 12.8. The van der Waals surface area contributed by atoms with Gasteiger partial charge in [0.1, 0.15) is 0 Å². The van der Waals surface area contributed by atoms with Crippen LogP contribution in [0.2, 0.25) is 0 Å². The molecule has 1 saturated carbocycles. The molecule has 2 unspecified atom stereocenters. The van der Waals surface area contributed by atoms with Crippen LogP contribution in [0.5, 0.6) is 0 Å². The van der Waals surface area contributed by atoms with Crippen molar-refractivity contribution in [2.45, 2.75) is 32.6 Å². The van der Waals surface area contributed by atoms with Crippen LogP contribution in [0.1, 0.15) is 32.6 Å². The zero-order chi connectivity index (χ0) is 15.7. The number of hydrogen-bond donors (Lipinski definition) is 1. The van der Waals surface area contributed by atoms with Crippen LogP contribution >= 0.6 is 11.6 Å². The largest absolute Gasteiger partial charge is 0.370 e. The van der Waals surface area contributed by atoms with Crippen molar-refractivity contribution in [2.24, 2.45) is 11.8 Å². The third kappa shape index (κ3) is 3.03. The van der Waals surface area contributed by atoms with Gasteiger partial charge >= 0.3 is 0 Å². The predicted molar refractivity (Wildman–Crippen MR) is 94.2 cm³/mol. The van der Waals surface area contributed by atoms with Gasteiger partial charge in [-0.1, -0.05) is 38.1 Å². The number of rotatable bonds is 3. The normalized spacial score (nSPS) is 32.9. The van der Waals surface area contributed by atoms with Crippen LogP contribution in [-0.2, 0) is 0 Å². The number of likely N-dealkylation sites (tertiary alicyclic amines) is 1. The molecule has 118 valence electrons. The molecule has 2 fully saturated rings. The van der Waals surface area contributed by atoms with E-state index in [0.29, 0.717) is 5.03 Å². The maximum atomic E-state index is 6.28. The summed E-state index contributed by atoms with van der Waals surface area (Å²) >= 11 is 6.28. The molecule has 2 aliphatic heterocycles. The number of nitrogens with one attached hydrogen (secondary N) is 1. The van der Waals surface area contributed by atoms with Crippen LogP contribution in [0.25, 0.3) is 0 Å². The van der Waals surface area contributed by atoms with Gasteiger partial charge in [0.2, 0.25) is 0 Å². The first-order chi connectivity index (χ1) is 10.6. The highest BCUT2D eigenvalue weighted by molar-refractivity contribution is 6.32. The summed E-state index contributed by atoms with van der Waals surface area (Å²) in [6.07, 6.45) is 11.1. The Labute approximate surface area is 138 Å². The number of allylic oxidation sites excluding steroid dienone is 6. The second-order valence-corrected chi connectivity index (χ2v) is 6.98. The Hall–Kier alpha value is -1.41. The third-order valence-corrected chi connectivity index (χ3v) is 5.52. The molecule has 2 nitrogen and oxygen atoms in total. The van der Waals surface area contributed by atoms with Crippen molar-refractivity contribution in [3.8, 4) is 0 Å². The van der Waals surface area contributed by atoms with Gasteiger partial charge in [0.05, 0.1) is 11.4 Å². The molecule has 0 aromatic rings. The smallest absolute Gasteiger partial charge is 0.0619 e. The van der Waals surface area contributed by atoms with Gasteiger partial charge in [-0.25, -0.2) is 0 Å². The van der Waals surface area contributed by atoms with Crippen molar-refractivity contribution in [3.05, 3.63) is 59.1 Å². The molecule has 1 saturated heterocycles. The van der Waals surface area contributed by atoms with Gasteiger partial charge < -0.3 is 10.2 Å². The molecule has 22 heavy (non-hydrogen) atoms. The molecule has 1 N–H and O–H groups in total. The average Bonchev–Trinajstić information content (AvgIpc) is 3.08. The summed E-state index contributed by atoms with van der Waals surface area (Å²) in [5.41, 5.74) is 4.08. The molecule has 1 aliphatic carbocycles. The fourth-order valence-corrected chi connectivity index (χ4v) is 3.88. The van der Waals surface area contributed by atoms with E-state index >= 15 is 0 Å². The molecule has 2 heterocycles. The second kappa shape index (κ2) is 6.37. The molecular weight excluding hydrogens is 292 g/mol. The first-order valence-electron chi connectivity index (χ1n) is 8.27. The van der Waals surface area contributed by atoms with Crippen LogP contribution in [0, 0.1) is 11.8 Å². The van der Waals surface area contributed by atoms with Gasteiger partial charge in [-0.05, 0) is 54.9 Å². The minimum Gasteiger partial charge on any atom is -0.370 e. The number of fused-ring (bicyclic) bond motifs is 1. The molecule has 2 atom stereocenters. The number of nitrogens with zero attached hydrogens (tertiary/aromatic N) is 1. The van der Waals surface area contributed by atoms with Gasteiger partial charge in [-0.2, -0.15) is 0 Å². The number of halogens is 1. The molecule has 0 amide bonds. The Morgan fingerprint density at radius 1 is 1.32 bits per heavy atom. The topological polar surface area (TPSA) is 15.3 Å². The van der Waals surface area contributed by atoms with E-state index in [4.69, 9.17) is 11.6 Å². The number of hydrogen-bond acceptors (Lipinski definition) is 2. The fourth-order valence-electron chi connectivity index (χ4n) is 3.76. The molecule has 0 aromatic carbocycles. The molecular formula is C19H25ClN2. The van der Waals surface area contributed by atoms with E-state index in [2.05, 4.69) is 30.3 Å². The summed E-state index contributed by atoms with van der Waals surface area (Å²) in [5.74, 6) is 1.72. The summed E-state index contributed by atoms with van der Waals surface area (Å²) in [5, 5.41) is 4.21. The molecule has 3 aliphatic rings. The Morgan fingerprint density at radius 3 is 2.64 bits per heavy atom. The maximum absolute atomic E-state index is 6.28. The highest BCUT2D eigenvalue weighted by Gasteiger charge is 2.36. The average molecular weight is 317 g/mol. The van der Waals surface area contributed by atoms with E-state index in [1.807, 2.05) is 18.2 Å². The first-order valence-corrected chi connectivity index (χ1v) is 8.65. The highest BCUT2D eigenvalue weighted by atomic mass is 35.5. The monoisotopic (exact) mass is 316 g/mol. The lowest BCUT2D eigenvalue weighted by atomic mass is 10.0. The quantitative estimate of drug-likeness (QED) is 0.812. The lowest BCUT2D eigenvalue weighted by Crippen LogP contribution is -2.27. The van der Waals surface area contributed by atoms with Gasteiger partial charge in [0.25, 0.3) is 0 Å². The molecule has 3 rings (SSSR count). The second-order valence-electron chi connectivity index (χ2n) is 6.57. The van der Waals surface area contributed by atoms with Crippen LogP contribution in [-0.4, -0.2) is 18.0 Å². The molecule has 0 aromatic heterocycles. The summed E-state index contributed by atoms with van der Waals surface area (Å²) in [4.78, 5) is 2.44. The minimum absolute atomic E-state index is 0.691. The van der Waals surface area contributed by atoms with E-state index in [1.54, 1.807) is 0 Å². The first kappa shape index (κ1) is 15.5. The van der Waals surface area contributed by atoms with Crippen molar-refractivity contribution in [1.29, 1.82) is 0 Å². The van der Waals surface area contributed by atoms with Gasteiger partial charge in [0, 0.05) is 23.8 Å². The molecule has 0 spiro atoms. The molecule has 3 heteroatoms. The van der Waals surface area contributed by atoms with Crippen LogP contribution in [0.4, 0.5) is 0 Å². The minimum atomic E-state index is 0.691. The lowest BCUT2D eigenvalue weighted by molar-refractivity contribution is 0.391. The Kier molecular flexibility index (Phi) is 4.49. The molecule has 0 bridgehead atoms. The zero-order valence-corrected chi connectivity index (χ0v) is 14.1.